The molecule has 2 atom stereocenters. The third kappa shape index (κ3) is 2.65. The van der Waals surface area contributed by atoms with Gasteiger partial charge >= 0.3 is 0 Å². The van der Waals surface area contributed by atoms with Crippen LogP contribution in [0, 0.1) is 5.92 Å². The fraction of sp³-hybridized carbons (Fsp3) is 0.429. The lowest BCUT2D eigenvalue weighted by molar-refractivity contribution is 0.108. The van der Waals surface area contributed by atoms with Crippen molar-refractivity contribution in [3.63, 3.8) is 0 Å². The first-order valence-corrected chi connectivity index (χ1v) is 6.90. The van der Waals surface area contributed by atoms with Gasteiger partial charge in [0.1, 0.15) is 11.3 Å². The number of ether oxygens (including phenoxy) is 1. The van der Waals surface area contributed by atoms with Gasteiger partial charge in [0.15, 0.2) is 0 Å². The number of rotatable bonds is 2. The monoisotopic (exact) mass is 277 g/mol. The molecule has 1 aliphatic heterocycles. The van der Waals surface area contributed by atoms with E-state index in [4.69, 9.17) is 16.3 Å². The largest absolute Gasteiger partial charge is 0.473 e. The molecule has 0 saturated carbocycles. The van der Waals surface area contributed by atoms with E-state index in [0.29, 0.717) is 17.0 Å². The summed E-state index contributed by atoms with van der Waals surface area (Å²) in [4.78, 5) is 8.61. The molecule has 1 aliphatic rings. The van der Waals surface area contributed by atoms with Gasteiger partial charge in [-0.05, 0) is 25.1 Å². The molecule has 0 spiro atoms. The molecule has 0 bridgehead atoms. The number of nitrogens with one attached hydrogen (secondary N) is 1. The van der Waals surface area contributed by atoms with Crippen LogP contribution in [-0.4, -0.2) is 29.2 Å². The van der Waals surface area contributed by atoms with Gasteiger partial charge in [0.2, 0.25) is 5.88 Å². The van der Waals surface area contributed by atoms with Gasteiger partial charge in [-0.25, -0.2) is 4.98 Å². The summed E-state index contributed by atoms with van der Waals surface area (Å²) in [6.07, 6.45) is 2.91. The predicted octanol–water partition coefficient (Wildman–Crippen LogP) is 2.66. The molecule has 0 aliphatic carbocycles. The first-order chi connectivity index (χ1) is 9.24. The lowest BCUT2D eigenvalue weighted by Crippen LogP contribution is -2.41. The quantitative estimate of drug-likeness (QED) is 0.858. The van der Waals surface area contributed by atoms with E-state index < -0.39 is 0 Å². The summed E-state index contributed by atoms with van der Waals surface area (Å²) < 4.78 is 6.09. The van der Waals surface area contributed by atoms with Gasteiger partial charge in [0.25, 0.3) is 0 Å². The summed E-state index contributed by atoms with van der Waals surface area (Å²) >= 11 is 6.03. The van der Waals surface area contributed by atoms with Crippen LogP contribution >= 0.6 is 11.6 Å². The smallest absolute Gasteiger partial charge is 0.224 e. The molecule has 3 heterocycles. The molecule has 0 radical (unpaired) electrons. The maximum absolute atomic E-state index is 6.09. The SMILES string of the molecule is CC1CNCCC1Oc1nc(Cl)cc2ncccc12. The summed E-state index contributed by atoms with van der Waals surface area (Å²) in [5, 5.41) is 4.69. The number of nitrogens with zero attached hydrogens (tertiary/aromatic N) is 2. The molecular formula is C14H16ClN3O. The van der Waals surface area contributed by atoms with E-state index in [9.17, 15) is 0 Å². The van der Waals surface area contributed by atoms with Crippen LogP contribution in [0.25, 0.3) is 10.9 Å². The van der Waals surface area contributed by atoms with E-state index in [0.717, 1.165) is 30.4 Å². The van der Waals surface area contributed by atoms with E-state index in [1.54, 1.807) is 12.3 Å². The maximum atomic E-state index is 6.09. The van der Waals surface area contributed by atoms with Crippen molar-refractivity contribution in [3.05, 3.63) is 29.5 Å². The minimum Gasteiger partial charge on any atom is -0.473 e. The Morgan fingerprint density at radius 2 is 2.37 bits per heavy atom. The number of piperidine rings is 1. The van der Waals surface area contributed by atoms with Crippen LogP contribution in [-0.2, 0) is 0 Å². The third-order valence-corrected chi connectivity index (χ3v) is 3.70. The van der Waals surface area contributed by atoms with Crippen molar-refractivity contribution in [3.8, 4) is 5.88 Å². The van der Waals surface area contributed by atoms with Crippen molar-refractivity contribution in [1.29, 1.82) is 0 Å². The zero-order valence-electron chi connectivity index (χ0n) is 10.8. The maximum Gasteiger partial charge on any atom is 0.224 e. The summed E-state index contributed by atoms with van der Waals surface area (Å²) in [6.45, 7) is 4.13. The third-order valence-electron chi connectivity index (χ3n) is 3.50. The molecule has 5 heteroatoms. The Bertz CT molecular complexity index is 590. The first kappa shape index (κ1) is 12.6. The number of pyridine rings is 2. The molecule has 1 saturated heterocycles. The van der Waals surface area contributed by atoms with Crippen molar-refractivity contribution in [2.75, 3.05) is 13.1 Å². The zero-order valence-corrected chi connectivity index (χ0v) is 11.5. The summed E-state index contributed by atoms with van der Waals surface area (Å²) in [6, 6.07) is 5.61. The van der Waals surface area contributed by atoms with E-state index in [2.05, 4.69) is 22.2 Å². The van der Waals surface area contributed by atoms with Gasteiger partial charge < -0.3 is 10.1 Å². The van der Waals surface area contributed by atoms with Crippen LogP contribution in [0.1, 0.15) is 13.3 Å². The first-order valence-electron chi connectivity index (χ1n) is 6.52. The lowest BCUT2D eigenvalue weighted by Gasteiger charge is -2.29. The number of fused-ring (bicyclic) bond motifs is 1. The Morgan fingerprint density at radius 1 is 1.47 bits per heavy atom. The van der Waals surface area contributed by atoms with Crippen LogP contribution in [0.5, 0.6) is 5.88 Å². The zero-order chi connectivity index (χ0) is 13.2. The van der Waals surface area contributed by atoms with Crippen LogP contribution in [0.3, 0.4) is 0 Å². The van der Waals surface area contributed by atoms with Gasteiger partial charge in [0.05, 0.1) is 10.9 Å². The Hall–Kier alpha value is -1.39. The lowest BCUT2D eigenvalue weighted by atomic mass is 9.98. The molecule has 19 heavy (non-hydrogen) atoms. The normalized spacial score (nSPS) is 23.5. The molecule has 3 rings (SSSR count). The van der Waals surface area contributed by atoms with Crippen LogP contribution < -0.4 is 10.1 Å². The topological polar surface area (TPSA) is 47.0 Å². The Labute approximate surface area is 117 Å². The summed E-state index contributed by atoms with van der Waals surface area (Å²) in [7, 11) is 0. The highest BCUT2D eigenvalue weighted by Gasteiger charge is 2.24. The van der Waals surface area contributed by atoms with E-state index >= 15 is 0 Å². The fourth-order valence-electron chi connectivity index (χ4n) is 2.41. The van der Waals surface area contributed by atoms with Crippen molar-refractivity contribution < 1.29 is 4.74 Å². The molecule has 0 aromatic carbocycles. The van der Waals surface area contributed by atoms with Gasteiger partial charge in [-0.3, -0.25) is 4.98 Å². The highest BCUT2D eigenvalue weighted by Crippen LogP contribution is 2.27. The minimum absolute atomic E-state index is 0.177. The average molecular weight is 278 g/mol. The Balaban J connectivity index is 1.95. The van der Waals surface area contributed by atoms with Crippen LogP contribution in [0.2, 0.25) is 5.15 Å². The highest BCUT2D eigenvalue weighted by molar-refractivity contribution is 6.30. The van der Waals surface area contributed by atoms with E-state index in [1.165, 1.54) is 0 Å². The van der Waals surface area contributed by atoms with Crippen molar-refractivity contribution in [2.45, 2.75) is 19.4 Å². The molecule has 1 fully saturated rings. The second-order valence-corrected chi connectivity index (χ2v) is 5.33. The van der Waals surface area contributed by atoms with Crippen molar-refractivity contribution in [1.82, 2.24) is 15.3 Å². The molecule has 4 nitrogen and oxygen atoms in total. The highest BCUT2D eigenvalue weighted by atomic mass is 35.5. The van der Waals surface area contributed by atoms with Gasteiger partial charge in [0, 0.05) is 24.7 Å². The number of hydrogen-bond acceptors (Lipinski definition) is 4. The van der Waals surface area contributed by atoms with Crippen LogP contribution in [0.15, 0.2) is 24.4 Å². The second kappa shape index (κ2) is 5.31. The van der Waals surface area contributed by atoms with E-state index in [1.807, 2.05) is 12.1 Å². The van der Waals surface area contributed by atoms with Crippen LogP contribution in [0.4, 0.5) is 0 Å². The van der Waals surface area contributed by atoms with Crippen molar-refractivity contribution >= 4 is 22.5 Å². The molecule has 2 aromatic heterocycles. The Morgan fingerprint density at radius 3 is 3.21 bits per heavy atom. The number of hydrogen-bond donors (Lipinski definition) is 1. The number of aromatic nitrogens is 2. The fourth-order valence-corrected chi connectivity index (χ4v) is 2.59. The Kier molecular flexibility index (Phi) is 3.53. The molecule has 2 aromatic rings. The second-order valence-electron chi connectivity index (χ2n) is 4.95. The predicted molar refractivity (Wildman–Crippen MR) is 75.6 cm³/mol. The molecule has 2 unspecified atom stereocenters. The van der Waals surface area contributed by atoms with Crippen molar-refractivity contribution in [2.24, 2.45) is 5.92 Å². The van der Waals surface area contributed by atoms with E-state index in [-0.39, 0.29) is 6.10 Å². The molecule has 100 valence electrons. The minimum atomic E-state index is 0.177. The standard InChI is InChI=1S/C14H16ClN3O/c1-9-8-16-6-4-12(9)19-14-10-3-2-5-17-11(10)7-13(15)18-14/h2-3,5,7,9,12,16H,4,6,8H2,1H3. The summed E-state index contributed by atoms with van der Waals surface area (Å²) in [5.74, 6) is 1.05. The average Bonchev–Trinajstić information content (AvgIpc) is 2.41. The van der Waals surface area contributed by atoms with Gasteiger partial charge in [-0.15, -0.1) is 0 Å². The molecule has 1 N–H and O–H groups in total. The number of halogens is 1. The van der Waals surface area contributed by atoms with Gasteiger partial charge in [-0.2, -0.15) is 0 Å². The molecular weight excluding hydrogens is 262 g/mol. The molecule has 0 amide bonds. The van der Waals surface area contributed by atoms with Gasteiger partial charge in [-0.1, -0.05) is 18.5 Å². The summed E-state index contributed by atoms with van der Waals surface area (Å²) in [5.41, 5.74) is 0.819.